The highest BCUT2D eigenvalue weighted by molar-refractivity contribution is 5.80. The van der Waals surface area contributed by atoms with Crippen molar-refractivity contribution in [1.29, 1.82) is 0 Å². The first-order valence-corrected chi connectivity index (χ1v) is 9.34. The number of carbonyl (C=O) groups is 1. The summed E-state index contributed by atoms with van der Waals surface area (Å²) in [5.41, 5.74) is 6.51. The molecule has 26 heavy (non-hydrogen) atoms. The van der Waals surface area contributed by atoms with Gasteiger partial charge in [-0.05, 0) is 43.4 Å². The lowest BCUT2D eigenvalue weighted by molar-refractivity contribution is 0.111. The topological polar surface area (TPSA) is 69.2 Å². The summed E-state index contributed by atoms with van der Waals surface area (Å²) in [4.78, 5) is 13.6. The van der Waals surface area contributed by atoms with Gasteiger partial charge in [-0.3, -0.25) is 14.8 Å². The number of benzene rings is 1. The number of hydrogen-bond acceptors (Lipinski definition) is 4. The normalized spacial score (nSPS) is 16.7. The van der Waals surface area contributed by atoms with Crippen molar-refractivity contribution in [2.75, 3.05) is 13.7 Å². The molecular weight excluding hydrogens is 326 g/mol. The standard InChI is InChI=1S/C21H29N3O2/c1-5-17(13-26)24(4)11-16-8-14(6-7-15(16)12-25)20-18-9-21(2,3)10-19(18)22-23-20/h6-8,12,17,26H,5,9-11,13H2,1-4H3,(H,22,23)/t17-/m1/s1. The second-order valence-electron chi connectivity index (χ2n) is 8.24. The van der Waals surface area contributed by atoms with Crippen LogP contribution in [0.5, 0.6) is 0 Å². The van der Waals surface area contributed by atoms with Crippen LogP contribution >= 0.6 is 0 Å². The van der Waals surface area contributed by atoms with E-state index in [0.29, 0.717) is 12.1 Å². The molecule has 1 aromatic carbocycles. The summed E-state index contributed by atoms with van der Waals surface area (Å²) in [7, 11) is 1.99. The van der Waals surface area contributed by atoms with Gasteiger partial charge in [-0.2, -0.15) is 5.10 Å². The number of hydrogen-bond donors (Lipinski definition) is 2. The Hall–Kier alpha value is -1.98. The van der Waals surface area contributed by atoms with Gasteiger partial charge in [-0.25, -0.2) is 0 Å². The lowest BCUT2D eigenvalue weighted by Crippen LogP contribution is -2.33. The zero-order chi connectivity index (χ0) is 18.9. The quantitative estimate of drug-likeness (QED) is 0.748. The summed E-state index contributed by atoms with van der Waals surface area (Å²) in [5, 5.41) is 17.3. The molecule has 0 radical (unpaired) electrons. The molecule has 2 N–H and O–H groups in total. The van der Waals surface area contributed by atoms with Crippen LogP contribution in [-0.2, 0) is 19.4 Å². The van der Waals surface area contributed by atoms with Crippen LogP contribution in [-0.4, -0.2) is 46.2 Å². The van der Waals surface area contributed by atoms with Crippen molar-refractivity contribution in [2.24, 2.45) is 5.41 Å². The van der Waals surface area contributed by atoms with Gasteiger partial charge in [0.2, 0.25) is 0 Å². The Morgan fingerprint density at radius 2 is 2.15 bits per heavy atom. The van der Waals surface area contributed by atoms with Gasteiger partial charge in [0.15, 0.2) is 0 Å². The van der Waals surface area contributed by atoms with Crippen LogP contribution in [0, 0.1) is 5.41 Å². The number of aromatic nitrogens is 2. The minimum atomic E-state index is 0.0913. The van der Waals surface area contributed by atoms with Crippen molar-refractivity contribution < 1.29 is 9.90 Å². The Kier molecular flexibility index (Phi) is 5.30. The predicted molar refractivity (Wildman–Crippen MR) is 103 cm³/mol. The first kappa shape index (κ1) is 18.8. The highest BCUT2D eigenvalue weighted by Gasteiger charge is 2.32. The van der Waals surface area contributed by atoms with E-state index in [0.717, 1.165) is 42.4 Å². The minimum absolute atomic E-state index is 0.0913. The Labute approximate surface area is 155 Å². The molecule has 0 fully saturated rings. The van der Waals surface area contributed by atoms with E-state index >= 15 is 0 Å². The number of carbonyl (C=O) groups excluding carboxylic acids is 1. The second-order valence-corrected chi connectivity index (χ2v) is 8.24. The summed E-state index contributed by atoms with van der Waals surface area (Å²) < 4.78 is 0. The molecule has 0 amide bonds. The molecule has 0 saturated heterocycles. The van der Waals surface area contributed by atoms with Crippen LogP contribution in [0.25, 0.3) is 11.3 Å². The third kappa shape index (κ3) is 3.60. The third-order valence-corrected chi connectivity index (χ3v) is 5.53. The van der Waals surface area contributed by atoms with Crippen molar-refractivity contribution in [3.05, 3.63) is 40.6 Å². The van der Waals surface area contributed by atoms with E-state index in [9.17, 15) is 9.90 Å². The molecular formula is C21H29N3O2. The van der Waals surface area contributed by atoms with Gasteiger partial charge in [-0.15, -0.1) is 0 Å². The molecule has 140 valence electrons. The fourth-order valence-electron chi connectivity index (χ4n) is 3.98. The Balaban J connectivity index is 1.93. The van der Waals surface area contributed by atoms with Crippen molar-refractivity contribution in [3.63, 3.8) is 0 Å². The molecule has 0 aliphatic heterocycles. The number of aromatic amines is 1. The molecule has 5 nitrogen and oxygen atoms in total. The van der Waals surface area contributed by atoms with E-state index in [-0.39, 0.29) is 18.1 Å². The van der Waals surface area contributed by atoms with Gasteiger partial charge in [0.05, 0.1) is 12.3 Å². The van der Waals surface area contributed by atoms with E-state index in [1.165, 1.54) is 11.3 Å². The Morgan fingerprint density at radius 1 is 1.38 bits per heavy atom. The zero-order valence-electron chi connectivity index (χ0n) is 16.2. The van der Waals surface area contributed by atoms with Crippen LogP contribution in [0.4, 0.5) is 0 Å². The third-order valence-electron chi connectivity index (χ3n) is 5.53. The van der Waals surface area contributed by atoms with Crippen LogP contribution < -0.4 is 0 Å². The molecule has 3 rings (SSSR count). The number of nitrogens with one attached hydrogen (secondary N) is 1. The summed E-state index contributed by atoms with van der Waals surface area (Å²) in [5.74, 6) is 0. The summed E-state index contributed by atoms with van der Waals surface area (Å²) >= 11 is 0. The molecule has 1 aliphatic carbocycles. The first-order chi connectivity index (χ1) is 12.4. The SMILES string of the molecule is CC[C@H](CO)N(C)Cc1cc(-c2n[nH]c3c2CC(C)(C)C3)ccc1C=O. The van der Waals surface area contributed by atoms with Crippen LogP contribution in [0.2, 0.25) is 0 Å². The fraction of sp³-hybridized carbons (Fsp3) is 0.524. The van der Waals surface area contributed by atoms with Gasteiger partial charge >= 0.3 is 0 Å². The molecule has 1 atom stereocenters. The number of aldehydes is 1. The summed E-state index contributed by atoms with van der Waals surface area (Å²) in [6.07, 6.45) is 3.81. The van der Waals surface area contributed by atoms with Gasteiger partial charge < -0.3 is 5.11 Å². The Bertz CT molecular complexity index is 791. The van der Waals surface area contributed by atoms with Crippen molar-refractivity contribution in [1.82, 2.24) is 15.1 Å². The molecule has 0 spiro atoms. The average molecular weight is 355 g/mol. The predicted octanol–water partition coefficient (Wildman–Crippen LogP) is 3.22. The second kappa shape index (κ2) is 7.33. The van der Waals surface area contributed by atoms with Gasteiger partial charge in [-0.1, -0.05) is 32.9 Å². The highest BCUT2D eigenvalue weighted by Crippen LogP contribution is 2.40. The highest BCUT2D eigenvalue weighted by atomic mass is 16.3. The van der Waals surface area contributed by atoms with E-state index in [4.69, 9.17) is 0 Å². The minimum Gasteiger partial charge on any atom is -0.395 e. The van der Waals surface area contributed by atoms with Crippen LogP contribution in [0.1, 0.15) is 54.4 Å². The first-order valence-electron chi connectivity index (χ1n) is 9.34. The van der Waals surface area contributed by atoms with Crippen molar-refractivity contribution in [3.8, 4) is 11.3 Å². The number of likely N-dealkylation sites (N-methyl/N-ethyl adjacent to an activating group) is 1. The number of aliphatic hydroxyl groups excluding tert-OH is 1. The van der Waals surface area contributed by atoms with E-state index < -0.39 is 0 Å². The monoisotopic (exact) mass is 355 g/mol. The van der Waals surface area contributed by atoms with E-state index in [2.05, 4.69) is 41.9 Å². The smallest absolute Gasteiger partial charge is 0.150 e. The van der Waals surface area contributed by atoms with Gasteiger partial charge in [0.25, 0.3) is 0 Å². The largest absolute Gasteiger partial charge is 0.395 e. The molecule has 5 heteroatoms. The lowest BCUT2D eigenvalue weighted by Gasteiger charge is -2.26. The van der Waals surface area contributed by atoms with Crippen LogP contribution in [0.15, 0.2) is 18.2 Å². The molecule has 0 saturated carbocycles. The van der Waals surface area contributed by atoms with Gasteiger partial charge in [0, 0.05) is 35.0 Å². The number of rotatable bonds is 7. The number of nitrogens with zero attached hydrogens (tertiary/aromatic N) is 2. The summed E-state index contributed by atoms with van der Waals surface area (Å²) in [6, 6.07) is 6.03. The van der Waals surface area contributed by atoms with Crippen molar-refractivity contribution in [2.45, 2.75) is 52.6 Å². The van der Waals surface area contributed by atoms with Gasteiger partial charge in [0.1, 0.15) is 6.29 Å². The zero-order valence-corrected chi connectivity index (χ0v) is 16.2. The Morgan fingerprint density at radius 3 is 2.81 bits per heavy atom. The molecule has 2 aromatic rings. The molecule has 1 heterocycles. The maximum absolute atomic E-state index is 11.5. The van der Waals surface area contributed by atoms with E-state index in [1.54, 1.807) is 0 Å². The molecule has 1 aliphatic rings. The summed E-state index contributed by atoms with van der Waals surface area (Å²) in [6.45, 7) is 7.36. The lowest BCUT2D eigenvalue weighted by atomic mass is 9.89. The number of H-pyrrole nitrogens is 1. The van der Waals surface area contributed by atoms with Crippen LogP contribution in [0.3, 0.4) is 0 Å². The molecule has 0 bridgehead atoms. The maximum Gasteiger partial charge on any atom is 0.150 e. The van der Waals surface area contributed by atoms with E-state index in [1.807, 2.05) is 19.2 Å². The molecule has 0 unspecified atom stereocenters. The number of fused-ring (bicyclic) bond motifs is 1. The number of aliphatic hydroxyl groups is 1. The average Bonchev–Trinajstić information content (AvgIpc) is 3.10. The molecule has 1 aromatic heterocycles. The maximum atomic E-state index is 11.5. The van der Waals surface area contributed by atoms with Crippen molar-refractivity contribution >= 4 is 6.29 Å². The fourth-order valence-corrected chi connectivity index (χ4v) is 3.98.